The molecule has 0 saturated heterocycles. The lowest BCUT2D eigenvalue weighted by Crippen LogP contribution is -2.38. The Balaban J connectivity index is 2.07. The van der Waals surface area contributed by atoms with Crippen LogP contribution in [0.3, 0.4) is 0 Å². The van der Waals surface area contributed by atoms with Crippen molar-refractivity contribution in [1.82, 2.24) is 5.32 Å². The number of nitrogens with one attached hydrogen (secondary N) is 1. The van der Waals surface area contributed by atoms with E-state index in [1.807, 2.05) is 30.3 Å². The van der Waals surface area contributed by atoms with Crippen molar-refractivity contribution in [3.63, 3.8) is 0 Å². The SMILES string of the molecule is COc1cc(N(CCNC(=O)Cc2ccccc2)C(C)=O)cc(OC)c1OC. The van der Waals surface area contributed by atoms with E-state index >= 15 is 0 Å². The highest BCUT2D eigenvalue weighted by Gasteiger charge is 2.19. The molecule has 0 heterocycles. The van der Waals surface area contributed by atoms with E-state index in [-0.39, 0.29) is 11.8 Å². The average molecular weight is 386 g/mol. The Morgan fingerprint density at radius 2 is 1.57 bits per heavy atom. The van der Waals surface area contributed by atoms with Gasteiger partial charge >= 0.3 is 0 Å². The molecule has 0 aliphatic rings. The maximum absolute atomic E-state index is 12.2. The minimum atomic E-state index is -0.161. The van der Waals surface area contributed by atoms with E-state index in [0.717, 1.165) is 5.56 Å². The van der Waals surface area contributed by atoms with Crippen LogP contribution in [0.1, 0.15) is 12.5 Å². The van der Waals surface area contributed by atoms with Crippen molar-refractivity contribution in [2.24, 2.45) is 0 Å². The second-order valence-electron chi connectivity index (χ2n) is 6.07. The van der Waals surface area contributed by atoms with Crippen LogP contribution in [0.25, 0.3) is 0 Å². The molecule has 0 spiro atoms. The van der Waals surface area contributed by atoms with Gasteiger partial charge < -0.3 is 24.4 Å². The molecule has 0 fully saturated rings. The smallest absolute Gasteiger partial charge is 0.224 e. The molecule has 2 amide bonds. The summed E-state index contributed by atoms with van der Waals surface area (Å²) in [4.78, 5) is 25.8. The molecule has 150 valence electrons. The number of amides is 2. The molecule has 0 atom stereocenters. The lowest BCUT2D eigenvalue weighted by atomic mass is 10.1. The van der Waals surface area contributed by atoms with Crippen LogP contribution in [0, 0.1) is 0 Å². The molecule has 0 bridgehead atoms. The number of hydrogen-bond acceptors (Lipinski definition) is 5. The van der Waals surface area contributed by atoms with Gasteiger partial charge in [-0.3, -0.25) is 9.59 Å². The maximum atomic E-state index is 12.2. The molecular weight excluding hydrogens is 360 g/mol. The van der Waals surface area contributed by atoms with Gasteiger partial charge in [0.25, 0.3) is 0 Å². The summed E-state index contributed by atoms with van der Waals surface area (Å²) in [6, 6.07) is 12.9. The highest BCUT2D eigenvalue weighted by molar-refractivity contribution is 5.92. The molecule has 2 aromatic carbocycles. The number of nitrogens with zero attached hydrogens (tertiary/aromatic N) is 1. The van der Waals surface area contributed by atoms with Crippen LogP contribution in [0.2, 0.25) is 0 Å². The Morgan fingerprint density at radius 3 is 2.07 bits per heavy atom. The summed E-state index contributed by atoms with van der Waals surface area (Å²) in [6.07, 6.45) is 0.297. The van der Waals surface area contributed by atoms with Crippen molar-refractivity contribution in [1.29, 1.82) is 0 Å². The summed E-state index contributed by atoms with van der Waals surface area (Å²) in [5.74, 6) is 1.10. The normalized spacial score (nSPS) is 10.1. The van der Waals surface area contributed by atoms with Crippen LogP contribution in [0.4, 0.5) is 5.69 Å². The predicted octanol–water partition coefficient (Wildman–Crippen LogP) is 2.42. The van der Waals surface area contributed by atoms with Crippen LogP contribution in [-0.4, -0.2) is 46.2 Å². The van der Waals surface area contributed by atoms with Gasteiger partial charge in [0.2, 0.25) is 17.6 Å². The van der Waals surface area contributed by atoms with Crippen LogP contribution in [0.15, 0.2) is 42.5 Å². The van der Waals surface area contributed by atoms with Crippen LogP contribution < -0.4 is 24.4 Å². The zero-order valence-corrected chi connectivity index (χ0v) is 16.7. The van der Waals surface area contributed by atoms with Gasteiger partial charge in [0.15, 0.2) is 11.5 Å². The third kappa shape index (κ3) is 5.39. The second-order valence-corrected chi connectivity index (χ2v) is 6.07. The van der Waals surface area contributed by atoms with Gasteiger partial charge in [0.1, 0.15) is 0 Å². The average Bonchev–Trinajstić information content (AvgIpc) is 2.70. The standard InChI is InChI=1S/C21H26N2O5/c1-15(24)23(11-10-22-20(25)12-16-8-6-5-7-9-16)17-13-18(26-2)21(28-4)19(14-17)27-3/h5-9,13-14H,10-12H2,1-4H3,(H,22,25). The van der Waals surface area contributed by atoms with Gasteiger partial charge in [-0.1, -0.05) is 30.3 Å². The fourth-order valence-corrected chi connectivity index (χ4v) is 2.84. The first-order valence-electron chi connectivity index (χ1n) is 8.88. The van der Waals surface area contributed by atoms with E-state index in [0.29, 0.717) is 42.4 Å². The third-order valence-electron chi connectivity index (χ3n) is 4.21. The van der Waals surface area contributed by atoms with Crippen LogP contribution >= 0.6 is 0 Å². The van der Waals surface area contributed by atoms with E-state index in [2.05, 4.69) is 5.32 Å². The van der Waals surface area contributed by atoms with Crippen LogP contribution in [0.5, 0.6) is 17.2 Å². The Hall–Kier alpha value is -3.22. The number of hydrogen-bond donors (Lipinski definition) is 1. The van der Waals surface area contributed by atoms with Crippen molar-refractivity contribution in [2.45, 2.75) is 13.3 Å². The zero-order chi connectivity index (χ0) is 20.5. The first-order chi connectivity index (χ1) is 13.5. The number of carbonyl (C=O) groups excluding carboxylic acids is 2. The minimum Gasteiger partial charge on any atom is -0.493 e. The highest BCUT2D eigenvalue weighted by Crippen LogP contribution is 2.41. The molecular formula is C21H26N2O5. The molecule has 0 aliphatic heterocycles. The molecule has 7 nitrogen and oxygen atoms in total. The number of benzene rings is 2. The fraction of sp³-hybridized carbons (Fsp3) is 0.333. The van der Waals surface area contributed by atoms with Crippen LogP contribution in [-0.2, 0) is 16.0 Å². The summed E-state index contributed by atoms with van der Waals surface area (Å²) < 4.78 is 16.0. The molecule has 0 unspecified atom stereocenters. The molecule has 7 heteroatoms. The van der Waals surface area contributed by atoms with Gasteiger partial charge in [-0.05, 0) is 5.56 Å². The minimum absolute atomic E-state index is 0.0976. The van der Waals surface area contributed by atoms with E-state index in [1.165, 1.54) is 28.3 Å². The second kappa shape index (κ2) is 10.2. The molecule has 28 heavy (non-hydrogen) atoms. The first kappa shape index (κ1) is 21.1. The maximum Gasteiger partial charge on any atom is 0.224 e. The number of carbonyl (C=O) groups is 2. The summed E-state index contributed by atoms with van der Waals surface area (Å²) in [5, 5.41) is 2.85. The predicted molar refractivity (Wildman–Crippen MR) is 107 cm³/mol. The monoisotopic (exact) mass is 386 g/mol. The Bertz CT molecular complexity index is 783. The third-order valence-corrected chi connectivity index (χ3v) is 4.21. The lowest BCUT2D eigenvalue weighted by Gasteiger charge is -2.23. The van der Waals surface area contributed by atoms with E-state index < -0.39 is 0 Å². The van der Waals surface area contributed by atoms with Crippen molar-refractivity contribution in [3.8, 4) is 17.2 Å². The molecule has 1 N–H and O–H groups in total. The van der Waals surface area contributed by atoms with E-state index in [9.17, 15) is 9.59 Å². The molecule has 0 aliphatic carbocycles. The summed E-state index contributed by atoms with van der Waals surface area (Å²) in [6.45, 7) is 2.10. The molecule has 0 radical (unpaired) electrons. The van der Waals surface area contributed by atoms with Crippen molar-refractivity contribution in [3.05, 3.63) is 48.0 Å². The first-order valence-corrected chi connectivity index (χ1v) is 8.88. The fourth-order valence-electron chi connectivity index (χ4n) is 2.84. The quantitative estimate of drug-likeness (QED) is 0.716. The van der Waals surface area contributed by atoms with E-state index in [1.54, 1.807) is 17.0 Å². The van der Waals surface area contributed by atoms with Crippen molar-refractivity contribution >= 4 is 17.5 Å². The van der Waals surface area contributed by atoms with Gasteiger partial charge in [-0.25, -0.2) is 0 Å². The number of anilines is 1. The van der Waals surface area contributed by atoms with Gasteiger partial charge in [-0.15, -0.1) is 0 Å². The Morgan fingerprint density at radius 1 is 0.964 bits per heavy atom. The number of methoxy groups -OCH3 is 3. The Kier molecular flexibility index (Phi) is 7.68. The lowest BCUT2D eigenvalue weighted by molar-refractivity contribution is -0.121. The van der Waals surface area contributed by atoms with Gasteiger partial charge in [-0.2, -0.15) is 0 Å². The van der Waals surface area contributed by atoms with Gasteiger partial charge in [0, 0.05) is 32.1 Å². The molecule has 0 aromatic heterocycles. The molecule has 2 aromatic rings. The summed E-state index contributed by atoms with van der Waals surface area (Å²) in [7, 11) is 4.55. The number of rotatable bonds is 9. The molecule has 2 rings (SSSR count). The topological polar surface area (TPSA) is 77.1 Å². The summed E-state index contributed by atoms with van der Waals surface area (Å²) in [5.41, 5.74) is 1.53. The highest BCUT2D eigenvalue weighted by atomic mass is 16.5. The van der Waals surface area contributed by atoms with Gasteiger partial charge in [0.05, 0.1) is 33.4 Å². The largest absolute Gasteiger partial charge is 0.493 e. The Labute approximate surface area is 165 Å². The van der Waals surface area contributed by atoms with Crippen molar-refractivity contribution in [2.75, 3.05) is 39.3 Å². The molecule has 0 saturated carbocycles. The number of ether oxygens (including phenoxy) is 3. The summed E-state index contributed by atoms with van der Waals surface area (Å²) >= 11 is 0. The van der Waals surface area contributed by atoms with Crippen molar-refractivity contribution < 1.29 is 23.8 Å². The zero-order valence-electron chi connectivity index (χ0n) is 16.7. The van der Waals surface area contributed by atoms with E-state index in [4.69, 9.17) is 14.2 Å².